The second-order valence-corrected chi connectivity index (χ2v) is 7.54. The van der Waals surface area contributed by atoms with E-state index in [2.05, 4.69) is 31.4 Å². The summed E-state index contributed by atoms with van der Waals surface area (Å²) >= 11 is 6.31. The molecule has 0 saturated heterocycles. The van der Waals surface area contributed by atoms with Gasteiger partial charge in [0.2, 0.25) is 5.91 Å². The second-order valence-electron chi connectivity index (χ2n) is 4.22. The molecule has 2 rings (SSSR count). The van der Waals surface area contributed by atoms with E-state index in [4.69, 9.17) is 0 Å². The third kappa shape index (κ3) is 4.57. The monoisotopic (exact) mass is 371 g/mol. The molecule has 0 spiro atoms. The number of carbonyl (C=O) groups excluding carboxylic acids is 1. The first-order valence-corrected chi connectivity index (χ1v) is 8.62. The largest absolute Gasteiger partial charge is 0.349 e. The molecular formula is C13H14BrN3OS2. The number of thioether (sulfide) groups is 1. The number of halogens is 1. The lowest BCUT2D eigenvalue weighted by Gasteiger charge is -2.14. The van der Waals surface area contributed by atoms with Crippen molar-refractivity contribution in [2.75, 3.05) is 5.75 Å². The molecule has 0 fully saturated rings. The minimum atomic E-state index is -0.00708. The number of aryl methyl sites for hydroxylation is 1. The topological polar surface area (TPSA) is 54.9 Å². The van der Waals surface area contributed by atoms with E-state index in [9.17, 15) is 4.79 Å². The summed E-state index contributed by atoms with van der Waals surface area (Å²) in [5.74, 6) is 0.355. The maximum Gasteiger partial charge on any atom is 0.230 e. The van der Waals surface area contributed by atoms with Crippen LogP contribution in [0.4, 0.5) is 0 Å². The maximum absolute atomic E-state index is 11.9. The molecule has 7 heteroatoms. The fourth-order valence-electron chi connectivity index (χ4n) is 1.58. The van der Waals surface area contributed by atoms with Gasteiger partial charge in [0, 0.05) is 4.47 Å². The van der Waals surface area contributed by atoms with Crippen molar-refractivity contribution in [2.45, 2.75) is 24.2 Å². The van der Waals surface area contributed by atoms with Crippen molar-refractivity contribution < 1.29 is 4.79 Å². The van der Waals surface area contributed by atoms with Crippen molar-refractivity contribution in [3.05, 3.63) is 39.3 Å². The summed E-state index contributed by atoms with van der Waals surface area (Å²) in [5.41, 5.74) is 1.08. The van der Waals surface area contributed by atoms with Crippen LogP contribution in [0.15, 0.2) is 33.1 Å². The Bertz CT molecular complexity index is 586. The van der Waals surface area contributed by atoms with Gasteiger partial charge in [-0.3, -0.25) is 4.79 Å². The molecule has 0 aliphatic carbocycles. The number of hydrogen-bond acceptors (Lipinski definition) is 5. The van der Waals surface area contributed by atoms with Gasteiger partial charge < -0.3 is 5.32 Å². The highest BCUT2D eigenvalue weighted by Gasteiger charge is 2.11. The van der Waals surface area contributed by atoms with Gasteiger partial charge >= 0.3 is 0 Å². The first kappa shape index (κ1) is 15.5. The van der Waals surface area contributed by atoms with Gasteiger partial charge in [-0.25, -0.2) is 0 Å². The standard InChI is InChI=1S/C13H14BrN3OS2/c1-8(10-3-5-11(14)6-4-10)15-12(18)7-19-13-17-16-9(2)20-13/h3-6,8H,7H2,1-2H3,(H,15,18)/t8-/m1/s1. The molecule has 106 valence electrons. The highest BCUT2D eigenvalue weighted by atomic mass is 79.9. The summed E-state index contributed by atoms with van der Waals surface area (Å²) in [6.45, 7) is 3.87. The number of carbonyl (C=O) groups is 1. The molecule has 0 aliphatic heterocycles. The third-order valence-electron chi connectivity index (χ3n) is 2.58. The van der Waals surface area contributed by atoms with Crippen LogP contribution in [0, 0.1) is 6.92 Å². The van der Waals surface area contributed by atoms with Crippen LogP contribution in [0.3, 0.4) is 0 Å². The maximum atomic E-state index is 11.9. The van der Waals surface area contributed by atoms with E-state index in [-0.39, 0.29) is 11.9 Å². The fraction of sp³-hybridized carbons (Fsp3) is 0.308. The van der Waals surface area contributed by atoms with E-state index in [1.807, 2.05) is 38.1 Å². The minimum Gasteiger partial charge on any atom is -0.349 e. The average molecular weight is 372 g/mol. The first-order valence-electron chi connectivity index (χ1n) is 6.02. The van der Waals surface area contributed by atoms with Crippen molar-refractivity contribution in [3.63, 3.8) is 0 Å². The predicted molar refractivity (Wildman–Crippen MR) is 86.1 cm³/mol. The van der Waals surface area contributed by atoms with Crippen LogP contribution in [0.2, 0.25) is 0 Å². The van der Waals surface area contributed by atoms with Gasteiger partial charge in [-0.2, -0.15) is 0 Å². The van der Waals surface area contributed by atoms with Crippen LogP contribution in [-0.2, 0) is 4.79 Å². The van der Waals surface area contributed by atoms with E-state index in [1.165, 1.54) is 23.1 Å². The van der Waals surface area contributed by atoms with Crippen LogP contribution in [-0.4, -0.2) is 21.9 Å². The summed E-state index contributed by atoms with van der Waals surface area (Å²) < 4.78 is 1.86. The molecule has 1 aromatic carbocycles. The molecule has 0 radical (unpaired) electrons. The van der Waals surface area contributed by atoms with Gasteiger partial charge in [-0.1, -0.05) is 51.2 Å². The molecule has 1 N–H and O–H groups in total. The van der Waals surface area contributed by atoms with Crippen molar-refractivity contribution in [1.29, 1.82) is 0 Å². The molecule has 1 amide bonds. The number of nitrogens with zero attached hydrogens (tertiary/aromatic N) is 2. The molecule has 1 atom stereocenters. The summed E-state index contributed by atoms with van der Waals surface area (Å²) in [6.07, 6.45) is 0. The van der Waals surface area contributed by atoms with Gasteiger partial charge in [-0.15, -0.1) is 10.2 Å². The zero-order valence-electron chi connectivity index (χ0n) is 11.1. The van der Waals surface area contributed by atoms with E-state index >= 15 is 0 Å². The van der Waals surface area contributed by atoms with Crippen LogP contribution < -0.4 is 5.32 Å². The minimum absolute atomic E-state index is 0.00160. The Morgan fingerprint density at radius 3 is 2.70 bits per heavy atom. The average Bonchev–Trinajstić information content (AvgIpc) is 2.83. The molecule has 0 aliphatic rings. The second kappa shape index (κ2) is 7.19. The van der Waals surface area contributed by atoms with Crippen molar-refractivity contribution in [3.8, 4) is 0 Å². The number of rotatable bonds is 5. The van der Waals surface area contributed by atoms with E-state index in [0.717, 1.165) is 19.4 Å². The quantitative estimate of drug-likeness (QED) is 0.816. The van der Waals surface area contributed by atoms with E-state index in [1.54, 1.807) is 0 Å². The van der Waals surface area contributed by atoms with Crippen molar-refractivity contribution >= 4 is 44.9 Å². The Labute approximate surface area is 134 Å². The summed E-state index contributed by atoms with van der Waals surface area (Å²) in [4.78, 5) is 11.9. The fourth-order valence-corrected chi connectivity index (χ4v) is 3.47. The van der Waals surface area contributed by atoms with E-state index < -0.39 is 0 Å². The predicted octanol–water partition coefficient (Wildman–Crippen LogP) is 3.58. The molecule has 2 aromatic rings. The molecule has 1 aromatic heterocycles. The zero-order valence-corrected chi connectivity index (χ0v) is 14.3. The van der Waals surface area contributed by atoms with Gasteiger partial charge in [-0.05, 0) is 31.5 Å². The highest BCUT2D eigenvalue weighted by Crippen LogP contribution is 2.22. The van der Waals surface area contributed by atoms with Crippen LogP contribution in [0.1, 0.15) is 23.5 Å². The van der Waals surface area contributed by atoms with Gasteiger partial charge in [0.25, 0.3) is 0 Å². The van der Waals surface area contributed by atoms with Gasteiger partial charge in [0.1, 0.15) is 5.01 Å². The number of benzene rings is 1. The van der Waals surface area contributed by atoms with E-state index in [0.29, 0.717) is 5.75 Å². The van der Waals surface area contributed by atoms with Gasteiger partial charge in [0.15, 0.2) is 4.34 Å². The highest BCUT2D eigenvalue weighted by molar-refractivity contribution is 9.10. The number of aromatic nitrogens is 2. The van der Waals surface area contributed by atoms with Crippen molar-refractivity contribution in [1.82, 2.24) is 15.5 Å². The number of nitrogens with one attached hydrogen (secondary N) is 1. The number of amides is 1. The SMILES string of the molecule is Cc1nnc(SCC(=O)N[C@H](C)c2ccc(Br)cc2)s1. The summed E-state index contributed by atoms with van der Waals surface area (Å²) in [7, 11) is 0. The molecule has 4 nitrogen and oxygen atoms in total. The Balaban J connectivity index is 1.83. The lowest BCUT2D eigenvalue weighted by molar-refractivity contribution is -0.119. The Morgan fingerprint density at radius 1 is 1.40 bits per heavy atom. The lowest BCUT2D eigenvalue weighted by atomic mass is 10.1. The first-order chi connectivity index (χ1) is 9.54. The smallest absolute Gasteiger partial charge is 0.230 e. The lowest BCUT2D eigenvalue weighted by Crippen LogP contribution is -2.28. The Hall–Kier alpha value is -0.920. The van der Waals surface area contributed by atoms with Gasteiger partial charge in [0.05, 0.1) is 11.8 Å². The van der Waals surface area contributed by atoms with Crippen LogP contribution in [0.25, 0.3) is 0 Å². The molecule has 0 unspecified atom stereocenters. The summed E-state index contributed by atoms with van der Waals surface area (Å²) in [6, 6.07) is 7.92. The Kier molecular flexibility index (Phi) is 5.56. The molecule has 1 heterocycles. The third-order valence-corrected chi connectivity index (χ3v) is 5.08. The van der Waals surface area contributed by atoms with Crippen molar-refractivity contribution in [2.24, 2.45) is 0 Å². The summed E-state index contributed by atoms with van der Waals surface area (Å²) in [5, 5.41) is 11.8. The Morgan fingerprint density at radius 2 is 2.10 bits per heavy atom. The molecule has 0 saturated carbocycles. The normalized spacial score (nSPS) is 12.2. The zero-order chi connectivity index (χ0) is 14.5. The molecule has 0 bridgehead atoms. The van der Waals surface area contributed by atoms with Crippen LogP contribution in [0.5, 0.6) is 0 Å². The molecule has 20 heavy (non-hydrogen) atoms. The number of hydrogen-bond donors (Lipinski definition) is 1. The molecular weight excluding hydrogens is 358 g/mol. The van der Waals surface area contributed by atoms with Crippen LogP contribution >= 0.6 is 39.0 Å².